The predicted octanol–water partition coefficient (Wildman–Crippen LogP) is 1.98. The number of hydrogen-bond acceptors (Lipinski definition) is 3. The lowest BCUT2D eigenvalue weighted by molar-refractivity contribution is -0.117. The van der Waals surface area contributed by atoms with Gasteiger partial charge >= 0.3 is 6.09 Å². The summed E-state index contributed by atoms with van der Waals surface area (Å²) in [5.74, 6) is 0.00848. The van der Waals surface area contributed by atoms with E-state index in [0.717, 1.165) is 5.56 Å². The maximum Gasteiger partial charge on any atom is 0.411 e. The fourth-order valence-electron chi connectivity index (χ4n) is 1.96. The molecule has 4 heteroatoms. The van der Waals surface area contributed by atoms with Gasteiger partial charge in [-0.3, -0.25) is 9.69 Å². The molecule has 0 unspecified atom stereocenters. The van der Waals surface area contributed by atoms with Crippen molar-refractivity contribution in [1.82, 2.24) is 4.90 Å². The van der Waals surface area contributed by atoms with Gasteiger partial charge in [0.15, 0.2) is 5.78 Å². The van der Waals surface area contributed by atoms with E-state index in [-0.39, 0.29) is 24.5 Å². The van der Waals surface area contributed by atoms with Crippen LogP contribution in [0.5, 0.6) is 0 Å². The van der Waals surface area contributed by atoms with Gasteiger partial charge in [0.25, 0.3) is 0 Å². The van der Waals surface area contributed by atoms with E-state index in [4.69, 9.17) is 4.74 Å². The van der Waals surface area contributed by atoms with Gasteiger partial charge in [-0.2, -0.15) is 0 Å². The summed E-state index contributed by atoms with van der Waals surface area (Å²) in [7, 11) is 0. The normalized spacial score (nSPS) is 22.1. The van der Waals surface area contributed by atoms with E-state index in [0.29, 0.717) is 0 Å². The van der Waals surface area contributed by atoms with Crippen molar-refractivity contribution in [2.75, 3.05) is 0 Å². The topological polar surface area (TPSA) is 46.4 Å². The lowest BCUT2D eigenvalue weighted by Crippen LogP contribution is -2.18. The molecular weight excluding hydrogens is 218 g/mol. The Kier molecular flexibility index (Phi) is 3.13. The second kappa shape index (κ2) is 4.57. The molecular formula is C13H15NO3. The second-order valence-corrected chi connectivity index (χ2v) is 4.24. The van der Waals surface area contributed by atoms with Gasteiger partial charge in [-0.05, 0) is 19.4 Å². The van der Waals surface area contributed by atoms with Gasteiger partial charge in [0.1, 0.15) is 12.6 Å². The number of nitrogens with zero attached hydrogens (tertiary/aromatic N) is 1. The third-order valence-corrected chi connectivity index (χ3v) is 2.94. The first kappa shape index (κ1) is 11.6. The molecule has 1 heterocycles. The first-order valence-corrected chi connectivity index (χ1v) is 5.60. The Morgan fingerprint density at radius 2 is 1.94 bits per heavy atom. The monoisotopic (exact) mass is 233 g/mol. The highest BCUT2D eigenvalue weighted by atomic mass is 16.6. The molecule has 0 aliphatic carbocycles. The van der Waals surface area contributed by atoms with Crippen molar-refractivity contribution >= 4 is 11.9 Å². The Labute approximate surface area is 100 Å². The average Bonchev–Trinajstić information content (AvgIpc) is 2.99. The summed E-state index contributed by atoms with van der Waals surface area (Å²) in [6.45, 7) is 3.58. The molecule has 0 aromatic heterocycles. The summed E-state index contributed by atoms with van der Waals surface area (Å²) in [6.07, 6.45) is -0.415. The molecule has 2 rings (SSSR count). The molecule has 90 valence electrons. The minimum atomic E-state index is -0.415. The van der Waals surface area contributed by atoms with Gasteiger partial charge in [0.2, 0.25) is 0 Å². The highest BCUT2D eigenvalue weighted by molar-refractivity contribution is 5.91. The molecule has 0 saturated carbocycles. The Hall–Kier alpha value is -1.84. The zero-order valence-corrected chi connectivity index (χ0v) is 9.92. The molecule has 1 aliphatic rings. The third kappa shape index (κ3) is 2.46. The zero-order valence-electron chi connectivity index (χ0n) is 9.92. The van der Waals surface area contributed by atoms with Crippen LogP contribution in [0.15, 0.2) is 30.3 Å². The zero-order chi connectivity index (χ0) is 12.4. The van der Waals surface area contributed by atoms with Crippen molar-refractivity contribution < 1.29 is 14.3 Å². The average molecular weight is 233 g/mol. The molecule has 0 radical (unpaired) electrons. The molecule has 4 nitrogen and oxygen atoms in total. The first-order chi connectivity index (χ1) is 8.11. The standard InChI is InChI=1S/C13H15NO3/c1-9-12(10(2)15)14(9)13(16)17-8-11-6-4-3-5-7-11/h3-7,9,12H,8H2,1-2H3/t9-,12+,14?/m1/s1. The van der Waals surface area contributed by atoms with Gasteiger partial charge in [-0.25, -0.2) is 4.79 Å². The van der Waals surface area contributed by atoms with Crippen LogP contribution >= 0.6 is 0 Å². The van der Waals surface area contributed by atoms with Crippen LogP contribution in [-0.4, -0.2) is 28.9 Å². The molecule has 0 bridgehead atoms. The maximum atomic E-state index is 11.7. The van der Waals surface area contributed by atoms with E-state index < -0.39 is 6.09 Å². The Bertz CT molecular complexity index is 430. The van der Waals surface area contributed by atoms with Crippen molar-refractivity contribution in [3.8, 4) is 0 Å². The van der Waals surface area contributed by atoms with Gasteiger partial charge in [0.05, 0.1) is 6.04 Å². The summed E-state index contributed by atoms with van der Waals surface area (Å²) in [4.78, 5) is 24.3. The van der Waals surface area contributed by atoms with Gasteiger partial charge in [0, 0.05) is 0 Å². The molecule has 1 fully saturated rings. The summed E-state index contributed by atoms with van der Waals surface area (Å²) in [5.41, 5.74) is 0.940. The highest BCUT2D eigenvalue weighted by Crippen LogP contribution is 2.29. The van der Waals surface area contributed by atoms with Crippen LogP contribution in [-0.2, 0) is 16.1 Å². The third-order valence-electron chi connectivity index (χ3n) is 2.94. The minimum absolute atomic E-state index is 0.00848. The van der Waals surface area contributed by atoms with E-state index in [1.54, 1.807) is 0 Å². The second-order valence-electron chi connectivity index (χ2n) is 4.24. The number of ketones is 1. The van der Waals surface area contributed by atoms with E-state index in [2.05, 4.69) is 0 Å². The lowest BCUT2D eigenvalue weighted by atomic mass is 10.2. The van der Waals surface area contributed by atoms with Crippen molar-refractivity contribution in [2.45, 2.75) is 32.5 Å². The maximum absolute atomic E-state index is 11.7. The van der Waals surface area contributed by atoms with Crippen LogP contribution < -0.4 is 0 Å². The molecule has 1 saturated heterocycles. The number of ether oxygens (including phenoxy) is 1. The molecule has 1 aromatic carbocycles. The van der Waals surface area contributed by atoms with E-state index in [1.165, 1.54) is 11.8 Å². The molecule has 0 spiro atoms. The Balaban J connectivity index is 1.85. The number of rotatable bonds is 3. The van der Waals surface area contributed by atoms with Crippen LogP contribution in [0, 0.1) is 0 Å². The van der Waals surface area contributed by atoms with Crippen molar-refractivity contribution in [1.29, 1.82) is 0 Å². The fraction of sp³-hybridized carbons (Fsp3) is 0.385. The van der Waals surface area contributed by atoms with Crippen LogP contribution in [0.1, 0.15) is 19.4 Å². The van der Waals surface area contributed by atoms with E-state index in [9.17, 15) is 9.59 Å². The molecule has 1 aliphatic heterocycles. The summed E-state index contributed by atoms with van der Waals surface area (Å²) < 4.78 is 5.14. The van der Waals surface area contributed by atoms with Gasteiger partial charge in [-0.15, -0.1) is 0 Å². The van der Waals surface area contributed by atoms with Gasteiger partial charge in [-0.1, -0.05) is 30.3 Å². The number of carbonyl (C=O) groups is 2. The van der Waals surface area contributed by atoms with E-state index in [1.807, 2.05) is 37.3 Å². The summed E-state index contributed by atoms with van der Waals surface area (Å²) in [6, 6.07) is 9.14. The number of hydrogen-bond donors (Lipinski definition) is 0. The first-order valence-electron chi connectivity index (χ1n) is 5.60. The van der Waals surface area contributed by atoms with Crippen molar-refractivity contribution in [3.05, 3.63) is 35.9 Å². The SMILES string of the molecule is CC(=O)[C@@H]1[C@@H](C)N1C(=O)OCc1ccccc1. The van der Waals surface area contributed by atoms with Crippen molar-refractivity contribution in [3.63, 3.8) is 0 Å². The molecule has 1 amide bonds. The van der Waals surface area contributed by atoms with Crippen LogP contribution in [0.3, 0.4) is 0 Å². The molecule has 17 heavy (non-hydrogen) atoms. The molecule has 2 atom stereocenters. The van der Waals surface area contributed by atoms with Crippen molar-refractivity contribution in [2.24, 2.45) is 0 Å². The van der Waals surface area contributed by atoms with Crippen LogP contribution in [0.2, 0.25) is 0 Å². The molecule has 1 aromatic rings. The van der Waals surface area contributed by atoms with Crippen LogP contribution in [0.25, 0.3) is 0 Å². The minimum Gasteiger partial charge on any atom is -0.445 e. The Morgan fingerprint density at radius 1 is 1.29 bits per heavy atom. The predicted molar refractivity (Wildman–Crippen MR) is 62.4 cm³/mol. The number of benzene rings is 1. The van der Waals surface area contributed by atoms with Crippen LogP contribution in [0.4, 0.5) is 4.79 Å². The van der Waals surface area contributed by atoms with E-state index >= 15 is 0 Å². The number of amides is 1. The highest BCUT2D eigenvalue weighted by Gasteiger charge is 2.51. The number of Topliss-reactive ketones (excluding diaryl/α,β-unsaturated/α-hetero) is 1. The largest absolute Gasteiger partial charge is 0.445 e. The summed E-state index contributed by atoms with van der Waals surface area (Å²) in [5, 5.41) is 0. The summed E-state index contributed by atoms with van der Waals surface area (Å²) >= 11 is 0. The lowest BCUT2D eigenvalue weighted by Gasteiger charge is -2.06. The van der Waals surface area contributed by atoms with Gasteiger partial charge < -0.3 is 4.74 Å². The Morgan fingerprint density at radius 3 is 2.47 bits per heavy atom. The fourth-order valence-corrected chi connectivity index (χ4v) is 1.96. The smallest absolute Gasteiger partial charge is 0.411 e. The quantitative estimate of drug-likeness (QED) is 0.750. The molecule has 0 N–H and O–H groups in total. The number of carbonyl (C=O) groups excluding carboxylic acids is 2.